The molecular formula is C6H7NO5S. The first-order valence-electron chi connectivity index (χ1n) is 3.04. The number of carbonyl (C=O) groups is 2. The summed E-state index contributed by atoms with van der Waals surface area (Å²) in [4.78, 5) is 25.2. The lowest BCUT2D eigenvalue weighted by Crippen LogP contribution is -2.40. The van der Waals surface area contributed by atoms with Crippen molar-refractivity contribution in [1.82, 2.24) is 5.48 Å². The molecular weight excluding hydrogens is 198 g/mol. The lowest BCUT2D eigenvalue weighted by molar-refractivity contribution is -0.144. The molecule has 0 aliphatic heterocycles. The molecule has 1 atom stereocenters. The molecule has 0 aliphatic carbocycles. The summed E-state index contributed by atoms with van der Waals surface area (Å²) in [6.45, 7) is 0. The number of hydroxylamine groups is 1. The summed E-state index contributed by atoms with van der Waals surface area (Å²) in [5, 5.41) is 18.9. The minimum absolute atomic E-state index is 0.579. The van der Waals surface area contributed by atoms with Gasteiger partial charge in [-0.3, -0.25) is 4.79 Å². The number of hydrogen-bond donors (Lipinski definition) is 3. The van der Waals surface area contributed by atoms with Gasteiger partial charge in [-0.15, -0.1) is 0 Å². The van der Waals surface area contributed by atoms with Crippen molar-refractivity contribution in [2.75, 3.05) is 7.11 Å². The van der Waals surface area contributed by atoms with Crippen molar-refractivity contribution in [3.8, 4) is 0 Å². The van der Waals surface area contributed by atoms with E-state index in [2.05, 4.69) is 17.1 Å². The van der Waals surface area contributed by atoms with Gasteiger partial charge in [-0.1, -0.05) is 0 Å². The molecule has 0 fully saturated rings. The van der Waals surface area contributed by atoms with Crippen LogP contribution in [0.3, 0.4) is 0 Å². The van der Waals surface area contributed by atoms with Crippen molar-refractivity contribution in [3.63, 3.8) is 0 Å². The smallest absolute Gasteiger partial charge is 0.342 e. The molecule has 0 amide bonds. The van der Waals surface area contributed by atoms with Crippen molar-refractivity contribution >= 4 is 29.2 Å². The first kappa shape index (κ1) is 11.7. The van der Waals surface area contributed by atoms with Crippen LogP contribution in [0, 0.1) is 0 Å². The van der Waals surface area contributed by atoms with Gasteiger partial charge in [-0.2, -0.15) is 5.48 Å². The molecule has 0 unspecified atom stereocenters. The van der Waals surface area contributed by atoms with E-state index in [-0.39, 0.29) is 0 Å². The van der Waals surface area contributed by atoms with E-state index in [0.29, 0.717) is 0 Å². The van der Waals surface area contributed by atoms with Crippen LogP contribution in [0.1, 0.15) is 0 Å². The second-order valence-electron chi connectivity index (χ2n) is 1.91. The number of aliphatic carboxylic acids is 2. The Morgan fingerprint density at radius 2 is 2.08 bits per heavy atom. The van der Waals surface area contributed by atoms with Gasteiger partial charge in [0.15, 0.2) is 6.04 Å². The van der Waals surface area contributed by atoms with Gasteiger partial charge in [0, 0.05) is 0 Å². The van der Waals surface area contributed by atoms with Crippen LogP contribution in [-0.2, 0) is 14.4 Å². The summed E-state index contributed by atoms with van der Waals surface area (Å²) >= 11 is 4.23. The Labute approximate surface area is 78.8 Å². The number of hydrogen-bond acceptors (Lipinski definition) is 5. The maximum absolute atomic E-state index is 10.5. The molecule has 72 valence electrons. The molecule has 6 nitrogen and oxygen atoms in total. The first-order chi connectivity index (χ1) is 6.04. The van der Waals surface area contributed by atoms with Crippen LogP contribution in [0.2, 0.25) is 0 Å². The minimum atomic E-state index is -1.51. The predicted octanol–water partition coefficient (Wildman–Crippen LogP) is -0.800. The van der Waals surface area contributed by atoms with Crippen LogP contribution in [0.25, 0.3) is 0 Å². The zero-order valence-electron chi connectivity index (χ0n) is 6.60. The van der Waals surface area contributed by atoms with E-state index in [1.807, 2.05) is 10.5 Å². The van der Waals surface area contributed by atoms with Gasteiger partial charge in [0.2, 0.25) is 0 Å². The highest BCUT2D eigenvalue weighted by Gasteiger charge is 2.27. The van der Waals surface area contributed by atoms with Gasteiger partial charge >= 0.3 is 11.9 Å². The van der Waals surface area contributed by atoms with Crippen LogP contribution in [0.15, 0.2) is 5.57 Å². The molecule has 0 aromatic heterocycles. The Balaban J connectivity index is 4.81. The van der Waals surface area contributed by atoms with Gasteiger partial charge in [0.05, 0.1) is 7.11 Å². The van der Waals surface area contributed by atoms with Gasteiger partial charge in [-0.25, -0.2) is 4.79 Å². The average Bonchev–Trinajstić information content (AvgIpc) is 2.03. The summed E-state index contributed by atoms with van der Waals surface area (Å²) in [6, 6.07) is -1.51. The normalized spacial score (nSPS) is 11.5. The van der Waals surface area contributed by atoms with E-state index in [9.17, 15) is 9.59 Å². The fraction of sp³-hybridized carbons (Fsp3) is 0.333. The molecule has 0 aromatic carbocycles. The average molecular weight is 205 g/mol. The predicted molar refractivity (Wildman–Crippen MR) is 45.3 cm³/mol. The molecule has 0 radical (unpaired) electrons. The molecule has 3 N–H and O–H groups in total. The molecule has 0 saturated heterocycles. The SMILES string of the molecule is CON[C@H](C(=O)O)C(=C=S)C(=O)O. The van der Waals surface area contributed by atoms with Crippen LogP contribution < -0.4 is 5.48 Å². The molecule has 0 bridgehead atoms. The highest BCUT2D eigenvalue weighted by Crippen LogP contribution is 1.99. The highest BCUT2D eigenvalue weighted by molar-refractivity contribution is 7.78. The molecule has 0 aromatic rings. The third kappa shape index (κ3) is 3.30. The zero-order chi connectivity index (χ0) is 10.4. The quantitative estimate of drug-likeness (QED) is 0.307. The lowest BCUT2D eigenvalue weighted by Gasteiger charge is -2.10. The second-order valence-corrected chi connectivity index (χ2v) is 2.12. The van der Waals surface area contributed by atoms with Crippen LogP contribution >= 0.6 is 12.2 Å². The topological polar surface area (TPSA) is 95.9 Å². The molecule has 0 saturated carbocycles. The van der Waals surface area contributed by atoms with E-state index < -0.39 is 23.6 Å². The fourth-order valence-electron chi connectivity index (χ4n) is 0.577. The maximum atomic E-state index is 10.5. The summed E-state index contributed by atoms with van der Waals surface area (Å²) in [6.07, 6.45) is 0. The van der Waals surface area contributed by atoms with Crippen LogP contribution in [-0.4, -0.2) is 40.3 Å². The molecule has 0 aliphatic rings. The molecule has 13 heavy (non-hydrogen) atoms. The molecule has 0 rings (SSSR count). The van der Waals surface area contributed by atoms with E-state index in [4.69, 9.17) is 10.2 Å². The Hall–Kier alpha value is -1.27. The number of thiocarbonyl (C=S) groups is 1. The van der Waals surface area contributed by atoms with Crippen molar-refractivity contribution < 1.29 is 24.6 Å². The zero-order valence-corrected chi connectivity index (χ0v) is 7.42. The van der Waals surface area contributed by atoms with Crippen LogP contribution in [0.4, 0.5) is 0 Å². The highest BCUT2D eigenvalue weighted by atomic mass is 32.1. The third-order valence-corrected chi connectivity index (χ3v) is 1.33. The number of carboxylic acids is 2. The van der Waals surface area contributed by atoms with Gasteiger partial charge in [-0.05, 0) is 17.2 Å². The lowest BCUT2D eigenvalue weighted by atomic mass is 10.1. The van der Waals surface area contributed by atoms with Gasteiger partial charge < -0.3 is 15.1 Å². The summed E-state index contributed by atoms with van der Waals surface area (Å²) in [7, 11) is 1.17. The minimum Gasteiger partial charge on any atom is -0.480 e. The second kappa shape index (κ2) is 5.39. The van der Waals surface area contributed by atoms with Crippen molar-refractivity contribution in [2.45, 2.75) is 6.04 Å². The van der Waals surface area contributed by atoms with Crippen molar-refractivity contribution in [3.05, 3.63) is 5.57 Å². The standard InChI is InChI=1S/C6H7NO5S/c1-12-7-4(6(10)11)3(2-13)5(8)9/h4,7H,1H3,(H,8,9)(H,10,11)/t4-/m0/s1. The third-order valence-electron chi connectivity index (χ3n) is 1.11. The number of rotatable bonds is 5. The van der Waals surface area contributed by atoms with E-state index in [0.717, 1.165) is 0 Å². The van der Waals surface area contributed by atoms with E-state index in [1.165, 1.54) is 7.11 Å². The Morgan fingerprint density at radius 3 is 2.31 bits per heavy atom. The summed E-state index contributed by atoms with van der Waals surface area (Å²) in [5.74, 6) is -2.86. The fourth-order valence-corrected chi connectivity index (χ4v) is 0.782. The number of nitrogens with one attached hydrogen (secondary N) is 1. The van der Waals surface area contributed by atoms with E-state index >= 15 is 0 Å². The first-order valence-corrected chi connectivity index (χ1v) is 3.45. The Bertz CT molecular complexity index is 270. The molecule has 7 heteroatoms. The Kier molecular flexibility index (Phi) is 4.86. The number of carboxylic acid groups (broad SMARTS) is 2. The molecule has 0 heterocycles. The van der Waals surface area contributed by atoms with Gasteiger partial charge in [0.1, 0.15) is 5.57 Å². The summed E-state index contributed by atoms with van der Waals surface area (Å²) < 4.78 is 0. The van der Waals surface area contributed by atoms with Crippen molar-refractivity contribution in [2.24, 2.45) is 0 Å². The summed E-state index contributed by atoms with van der Waals surface area (Å²) in [5.41, 5.74) is 1.39. The maximum Gasteiger partial charge on any atom is 0.342 e. The van der Waals surface area contributed by atoms with Gasteiger partial charge in [0.25, 0.3) is 0 Å². The largest absolute Gasteiger partial charge is 0.480 e. The molecule has 0 spiro atoms. The Morgan fingerprint density at radius 1 is 1.54 bits per heavy atom. The van der Waals surface area contributed by atoms with E-state index in [1.54, 1.807) is 0 Å². The van der Waals surface area contributed by atoms with Crippen molar-refractivity contribution in [1.29, 1.82) is 0 Å². The monoisotopic (exact) mass is 205 g/mol. The van der Waals surface area contributed by atoms with Crippen LogP contribution in [0.5, 0.6) is 0 Å².